The molecule has 0 spiro atoms. The van der Waals surface area contributed by atoms with Gasteiger partial charge in [0.25, 0.3) is 0 Å². The van der Waals surface area contributed by atoms with Crippen molar-refractivity contribution in [2.45, 2.75) is 39.3 Å². The summed E-state index contributed by atoms with van der Waals surface area (Å²) in [5, 5.41) is 0.889. The van der Waals surface area contributed by atoms with E-state index in [1.807, 2.05) is 7.05 Å². The van der Waals surface area contributed by atoms with Gasteiger partial charge in [0.2, 0.25) is 0 Å². The Morgan fingerprint density at radius 1 is 1.59 bits per heavy atom. The van der Waals surface area contributed by atoms with E-state index in [2.05, 4.69) is 23.7 Å². The Morgan fingerprint density at radius 2 is 2.29 bits per heavy atom. The summed E-state index contributed by atoms with van der Waals surface area (Å²) in [6.07, 6.45) is 3.11. The van der Waals surface area contributed by atoms with E-state index in [-0.39, 0.29) is 0 Å². The van der Waals surface area contributed by atoms with Crippen LogP contribution in [0.4, 0.5) is 5.13 Å². The molecule has 96 valence electrons. The Morgan fingerprint density at radius 3 is 2.82 bits per heavy atom. The second-order valence-corrected chi connectivity index (χ2v) is 5.12. The van der Waals surface area contributed by atoms with Crippen molar-refractivity contribution in [2.75, 3.05) is 19.1 Å². The quantitative estimate of drug-likeness (QED) is 0.703. The van der Waals surface area contributed by atoms with E-state index in [4.69, 9.17) is 4.74 Å². The van der Waals surface area contributed by atoms with Crippen LogP contribution in [0.1, 0.15) is 42.1 Å². The van der Waals surface area contributed by atoms with Crippen molar-refractivity contribution in [3.8, 4) is 0 Å². The van der Waals surface area contributed by atoms with E-state index in [0.717, 1.165) is 30.0 Å². The number of carbonyl (C=O) groups excluding carboxylic acids is 1. The Labute approximate surface area is 107 Å². The van der Waals surface area contributed by atoms with Gasteiger partial charge in [0.15, 0.2) is 11.4 Å². The number of carbonyl (C=O) groups is 1. The fraction of sp³-hybridized carbons (Fsp3) is 0.667. The predicted molar refractivity (Wildman–Crippen MR) is 71.0 cm³/mol. The van der Waals surface area contributed by atoms with Crippen LogP contribution < -0.4 is 4.90 Å². The molecular weight excluding hydrogens is 236 g/mol. The highest BCUT2D eigenvalue weighted by molar-refractivity contribution is 7.17. The van der Waals surface area contributed by atoms with Crippen molar-refractivity contribution in [2.24, 2.45) is 0 Å². The van der Waals surface area contributed by atoms with Gasteiger partial charge in [-0.05, 0) is 13.3 Å². The van der Waals surface area contributed by atoms with E-state index in [9.17, 15) is 4.79 Å². The van der Waals surface area contributed by atoms with E-state index in [1.54, 1.807) is 7.11 Å². The van der Waals surface area contributed by atoms with Crippen molar-refractivity contribution in [1.29, 1.82) is 0 Å². The summed E-state index contributed by atoms with van der Waals surface area (Å²) in [4.78, 5) is 18.2. The summed E-state index contributed by atoms with van der Waals surface area (Å²) in [5.74, 6) is 0. The molecule has 1 heterocycles. The van der Waals surface area contributed by atoms with Gasteiger partial charge >= 0.3 is 0 Å². The molecule has 1 aromatic heterocycles. The second-order valence-electron chi connectivity index (χ2n) is 4.11. The van der Waals surface area contributed by atoms with Crippen molar-refractivity contribution in [3.05, 3.63) is 10.6 Å². The topological polar surface area (TPSA) is 42.4 Å². The van der Waals surface area contributed by atoms with E-state index >= 15 is 0 Å². The Bertz CT molecular complexity index is 365. The third-order valence-electron chi connectivity index (χ3n) is 2.77. The number of methoxy groups -OCH3 is 1. The lowest BCUT2D eigenvalue weighted by molar-refractivity contribution is 0.112. The minimum absolute atomic E-state index is 0.389. The average molecular weight is 256 g/mol. The number of ether oxygens (including phenoxy) is 1. The molecule has 0 aliphatic rings. The summed E-state index contributed by atoms with van der Waals surface area (Å²) < 4.78 is 5.04. The zero-order chi connectivity index (χ0) is 12.8. The maximum Gasteiger partial charge on any atom is 0.186 e. The molecule has 0 bridgehead atoms. The van der Waals surface area contributed by atoms with Gasteiger partial charge in [-0.2, -0.15) is 0 Å². The highest BCUT2D eigenvalue weighted by Crippen LogP contribution is 2.26. The third-order valence-corrected chi connectivity index (χ3v) is 3.89. The first-order valence-corrected chi connectivity index (χ1v) is 6.62. The molecule has 0 fully saturated rings. The molecule has 0 amide bonds. The smallest absolute Gasteiger partial charge is 0.186 e. The van der Waals surface area contributed by atoms with Crippen LogP contribution in [0.15, 0.2) is 0 Å². The molecule has 1 rings (SSSR count). The monoisotopic (exact) mass is 256 g/mol. The average Bonchev–Trinajstić information content (AvgIpc) is 2.72. The zero-order valence-corrected chi connectivity index (χ0v) is 11.7. The number of anilines is 1. The van der Waals surface area contributed by atoms with Crippen LogP contribution in [-0.2, 0) is 11.3 Å². The molecule has 0 aliphatic carbocycles. The molecule has 0 saturated heterocycles. The van der Waals surface area contributed by atoms with Gasteiger partial charge in [-0.3, -0.25) is 4.79 Å². The molecule has 0 saturated carbocycles. The van der Waals surface area contributed by atoms with Gasteiger partial charge in [0.1, 0.15) is 0 Å². The summed E-state index contributed by atoms with van der Waals surface area (Å²) in [6, 6.07) is 0.432. The normalized spacial score (nSPS) is 12.5. The van der Waals surface area contributed by atoms with Gasteiger partial charge in [-0.25, -0.2) is 4.98 Å². The van der Waals surface area contributed by atoms with Crippen LogP contribution in [0.3, 0.4) is 0 Å². The number of aromatic nitrogens is 1. The van der Waals surface area contributed by atoms with Gasteiger partial charge < -0.3 is 9.64 Å². The molecule has 0 aliphatic heterocycles. The first-order valence-electron chi connectivity index (χ1n) is 5.80. The highest BCUT2D eigenvalue weighted by atomic mass is 32.1. The number of hydrogen-bond donors (Lipinski definition) is 0. The predicted octanol–water partition coefficient (Wildman–Crippen LogP) is 2.73. The summed E-state index contributed by atoms with van der Waals surface area (Å²) in [7, 11) is 3.63. The maximum absolute atomic E-state index is 10.9. The van der Waals surface area contributed by atoms with E-state index in [1.165, 1.54) is 11.3 Å². The number of thiazole rings is 1. The number of rotatable bonds is 7. The van der Waals surface area contributed by atoms with Gasteiger partial charge in [0, 0.05) is 20.2 Å². The molecule has 1 unspecified atom stereocenters. The lowest BCUT2D eigenvalue weighted by Gasteiger charge is -2.23. The number of aldehydes is 1. The Kier molecular flexibility index (Phi) is 5.58. The molecule has 0 N–H and O–H groups in total. The van der Waals surface area contributed by atoms with Crippen LogP contribution in [0, 0.1) is 0 Å². The fourth-order valence-electron chi connectivity index (χ4n) is 1.63. The van der Waals surface area contributed by atoms with Crippen LogP contribution in [-0.4, -0.2) is 31.5 Å². The number of nitrogens with zero attached hydrogens (tertiary/aromatic N) is 2. The van der Waals surface area contributed by atoms with Crippen LogP contribution in [0.25, 0.3) is 0 Å². The first-order chi connectivity index (χ1) is 8.13. The molecule has 0 aromatic carbocycles. The summed E-state index contributed by atoms with van der Waals surface area (Å²) in [6.45, 7) is 4.72. The molecule has 4 nitrogen and oxygen atoms in total. The highest BCUT2D eigenvalue weighted by Gasteiger charge is 2.16. The SMILES string of the molecule is CCCC(C)N(C)c1nc(COC)c(C=O)s1. The largest absolute Gasteiger partial charge is 0.378 e. The first kappa shape index (κ1) is 14.1. The van der Waals surface area contributed by atoms with Crippen LogP contribution in [0.5, 0.6) is 0 Å². The summed E-state index contributed by atoms with van der Waals surface area (Å²) >= 11 is 1.43. The van der Waals surface area contributed by atoms with Crippen LogP contribution >= 0.6 is 11.3 Å². The van der Waals surface area contributed by atoms with Gasteiger partial charge in [0.05, 0.1) is 17.2 Å². The van der Waals surface area contributed by atoms with Crippen molar-refractivity contribution in [1.82, 2.24) is 4.98 Å². The minimum Gasteiger partial charge on any atom is -0.378 e. The van der Waals surface area contributed by atoms with E-state index < -0.39 is 0 Å². The van der Waals surface area contributed by atoms with Crippen LogP contribution in [0.2, 0.25) is 0 Å². The van der Waals surface area contributed by atoms with Gasteiger partial charge in [-0.15, -0.1) is 0 Å². The van der Waals surface area contributed by atoms with Gasteiger partial charge in [-0.1, -0.05) is 24.7 Å². The Hall–Kier alpha value is -0.940. The fourth-order valence-corrected chi connectivity index (χ4v) is 2.58. The second kappa shape index (κ2) is 6.71. The van der Waals surface area contributed by atoms with Crippen molar-refractivity contribution < 1.29 is 9.53 Å². The minimum atomic E-state index is 0.389. The van der Waals surface area contributed by atoms with Crippen molar-refractivity contribution in [3.63, 3.8) is 0 Å². The summed E-state index contributed by atoms with van der Waals surface area (Å²) in [5.41, 5.74) is 0.734. The van der Waals surface area contributed by atoms with E-state index in [0.29, 0.717) is 17.5 Å². The third kappa shape index (κ3) is 3.51. The molecule has 17 heavy (non-hydrogen) atoms. The zero-order valence-electron chi connectivity index (χ0n) is 10.9. The molecular formula is C12H20N2O2S. The molecule has 1 atom stereocenters. The lowest BCUT2D eigenvalue weighted by atomic mass is 10.2. The molecule has 0 radical (unpaired) electrons. The number of hydrogen-bond acceptors (Lipinski definition) is 5. The molecule has 1 aromatic rings. The van der Waals surface area contributed by atoms with Crippen molar-refractivity contribution >= 4 is 22.8 Å². The standard InChI is InChI=1S/C12H20N2O2S/c1-5-6-9(2)14(3)12-13-10(8-16-4)11(7-15)17-12/h7,9H,5-6,8H2,1-4H3. The Balaban J connectivity index is 2.86. The maximum atomic E-state index is 10.9. The molecule has 5 heteroatoms. The lowest BCUT2D eigenvalue weighted by Crippen LogP contribution is -2.28.